The standard InChI is InChI=1S/C13H23N3O2/c1-3-11-4-5-12(14-11)13(18)16-8-6-15(7-9-16)10(2)17/h11-12,14H,3-9H2,1-2H3/t11-,12+/m1/s1. The molecule has 2 aliphatic heterocycles. The Morgan fingerprint density at radius 1 is 1.11 bits per heavy atom. The van der Waals surface area contributed by atoms with Gasteiger partial charge in [-0.3, -0.25) is 9.59 Å². The largest absolute Gasteiger partial charge is 0.339 e. The van der Waals surface area contributed by atoms with Crippen LogP contribution in [0.15, 0.2) is 0 Å². The summed E-state index contributed by atoms with van der Waals surface area (Å²) >= 11 is 0. The van der Waals surface area contributed by atoms with Crippen molar-refractivity contribution in [3.63, 3.8) is 0 Å². The minimum atomic E-state index is -0.00109. The van der Waals surface area contributed by atoms with Gasteiger partial charge in [-0.05, 0) is 19.3 Å². The van der Waals surface area contributed by atoms with Crippen LogP contribution in [0.5, 0.6) is 0 Å². The van der Waals surface area contributed by atoms with Gasteiger partial charge in [-0.25, -0.2) is 0 Å². The molecule has 0 aliphatic carbocycles. The number of carbonyl (C=O) groups excluding carboxylic acids is 2. The van der Waals surface area contributed by atoms with Crippen LogP contribution in [-0.4, -0.2) is 59.9 Å². The molecule has 2 saturated heterocycles. The zero-order chi connectivity index (χ0) is 13.1. The Bertz CT molecular complexity index is 324. The molecule has 0 unspecified atom stereocenters. The first-order valence-electron chi connectivity index (χ1n) is 6.92. The highest BCUT2D eigenvalue weighted by Crippen LogP contribution is 2.17. The average molecular weight is 253 g/mol. The van der Waals surface area contributed by atoms with E-state index in [1.165, 1.54) is 0 Å². The van der Waals surface area contributed by atoms with Gasteiger partial charge in [0, 0.05) is 39.1 Å². The maximum Gasteiger partial charge on any atom is 0.239 e. The molecule has 0 spiro atoms. The van der Waals surface area contributed by atoms with Crippen LogP contribution < -0.4 is 5.32 Å². The van der Waals surface area contributed by atoms with Crippen LogP contribution in [0.25, 0.3) is 0 Å². The average Bonchev–Trinajstić information content (AvgIpc) is 2.86. The van der Waals surface area contributed by atoms with Gasteiger partial charge >= 0.3 is 0 Å². The SMILES string of the molecule is CC[C@@H]1CC[C@@H](C(=O)N2CCN(C(C)=O)CC2)N1. The van der Waals surface area contributed by atoms with Gasteiger partial charge in [-0.2, -0.15) is 0 Å². The van der Waals surface area contributed by atoms with E-state index in [-0.39, 0.29) is 17.9 Å². The Kier molecular flexibility index (Phi) is 4.22. The minimum absolute atomic E-state index is 0.00109. The Morgan fingerprint density at radius 3 is 2.22 bits per heavy atom. The number of hydrogen-bond donors (Lipinski definition) is 1. The Hall–Kier alpha value is -1.10. The number of nitrogens with zero attached hydrogens (tertiary/aromatic N) is 2. The summed E-state index contributed by atoms with van der Waals surface area (Å²) in [6.45, 7) is 6.43. The van der Waals surface area contributed by atoms with E-state index in [0.717, 1.165) is 19.3 Å². The minimum Gasteiger partial charge on any atom is -0.339 e. The van der Waals surface area contributed by atoms with Crippen LogP contribution in [0.3, 0.4) is 0 Å². The van der Waals surface area contributed by atoms with Crippen LogP contribution in [-0.2, 0) is 9.59 Å². The molecule has 102 valence electrons. The van der Waals surface area contributed by atoms with Gasteiger partial charge in [-0.1, -0.05) is 6.92 Å². The van der Waals surface area contributed by atoms with E-state index < -0.39 is 0 Å². The Morgan fingerprint density at radius 2 is 1.72 bits per heavy atom. The second-order valence-corrected chi connectivity index (χ2v) is 5.23. The predicted octanol–water partition coefficient (Wildman–Crippen LogP) is 0.208. The zero-order valence-corrected chi connectivity index (χ0v) is 11.3. The highest BCUT2D eigenvalue weighted by Gasteiger charge is 2.32. The first kappa shape index (κ1) is 13.3. The predicted molar refractivity (Wildman–Crippen MR) is 69.1 cm³/mol. The Labute approximate surface area is 108 Å². The van der Waals surface area contributed by atoms with Crippen molar-refractivity contribution < 1.29 is 9.59 Å². The molecule has 5 nitrogen and oxygen atoms in total. The Balaban J connectivity index is 1.83. The molecule has 0 bridgehead atoms. The summed E-state index contributed by atoms with van der Waals surface area (Å²) in [5.74, 6) is 0.321. The highest BCUT2D eigenvalue weighted by atomic mass is 16.2. The molecule has 0 aromatic rings. The summed E-state index contributed by atoms with van der Waals surface area (Å²) in [4.78, 5) is 27.2. The van der Waals surface area contributed by atoms with Crippen LogP contribution in [0, 0.1) is 0 Å². The van der Waals surface area contributed by atoms with Gasteiger partial charge < -0.3 is 15.1 Å². The van der Waals surface area contributed by atoms with Crippen molar-refractivity contribution in [1.29, 1.82) is 0 Å². The molecule has 0 aromatic carbocycles. The fourth-order valence-corrected chi connectivity index (χ4v) is 2.80. The lowest BCUT2D eigenvalue weighted by molar-refractivity contribution is -0.139. The van der Waals surface area contributed by atoms with E-state index >= 15 is 0 Å². The molecular formula is C13H23N3O2. The van der Waals surface area contributed by atoms with E-state index in [1.807, 2.05) is 4.90 Å². The van der Waals surface area contributed by atoms with E-state index in [9.17, 15) is 9.59 Å². The number of piperazine rings is 1. The lowest BCUT2D eigenvalue weighted by Gasteiger charge is -2.35. The second-order valence-electron chi connectivity index (χ2n) is 5.23. The maximum absolute atomic E-state index is 12.3. The van der Waals surface area contributed by atoms with Crippen molar-refractivity contribution in [2.75, 3.05) is 26.2 Å². The summed E-state index contributed by atoms with van der Waals surface area (Å²) in [5, 5.41) is 3.40. The fraction of sp³-hybridized carbons (Fsp3) is 0.846. The van der Waals surface area contributed by atoms with Crippen LogP contribution in [0.2, 0.25) is 0 Å². The third-order valence-electron chi connectivity index (χ3n) is 4.07. The monoisotopic (exact) mass is 253 g/mol. The lowest BCUT2D eigenvalue weighted by atomic mass is 10.1. The van der Waals surface area contributed by atoms with Gasteiger partial charge in [0.2, 0.25) is 11.8 Å². The number of hydrogen-bond acceptors (Lipinski definition) is 3. The molecule has 2 fully saturated rings. The van der Waals surface area contributed by atoms with E-state index in [4.69, 9.17) is 0 Å². The molecule has 0 saturated carbocycles. The molecule has 5 heteroatoms. The summed E-state index contributed by atoms with van der Waals surface area (Å²) < 4.78 is 0. The van der Waals surface area contributed by atoms with Crippen molar-refractivity contribution >= 4 is 11.8 Å². The van der Waals surface area contributed by atoms with Crippen LogP contribution in [0.4, 0.5) is 0 Å². The van der Waals surface area contributed by atoms with Crippen molar-refractivity contribution in [3.8, 4) is 0 Å². The fourth-order valence-electron chi connectivity index (χ4n) is 2.80. The number of rotatable bonds is 2. The number of nitrogens with one attached hydrogen (secondary N) is 1. The highest BCUT2D eigenvalue weighted by molar-refractivity contribution is 5.82. The normalized spacial score (nSPS) is 28.6. The van der Waals surface area contributed by atoms with Gasteiger partial charge in [0.25, 0.3) is 0 Å². The van der Waals surface area contributed by atoms with Gasteiger partial charge in [0.1, 0.15) is 0 Å². The topological polar surface area (TPSA) is 52.7 Å². The smallest absolute Gasteiger partial charge is 0.239 e. The molecule has 0 radical (unpaired) electrons. The summed E-state index contributed by atoms with van der Waals surface area (Å²) in [7, 11) is 0. The maximum atomic E-state index is 12.3. The molecule has 0 aromatic heterocycles. The van der Waals surface area contributed by atoms with Crippen molar-refractivity contribution in [1.82, 2.24) is 15.1 Å². The van der Waals surface area contributed by atoms with Gasteiger partial charge in [0.05, 0.1) is 6.04 Å². The van der Waals surface area contributed by atoms with E-state index in [1.54, 1.807) is 11.8 Å². The second kappa shape index (κ2) is 5.69. The molecule has 2 aliphatic rings. The molecular weight excluding hydrogens is 230 g/mol. The molecule has 2 rings (SSSR count). The third-order valence-corrected chi connectivity index (χ3v) is 4.07. The summed E-state index contributed by atoms with van der Waals surface area (Å²) in [5.41, 5.74) is 0. The van der Waals surface area contributed by atoms with Crippen molar-refractivity contribution in [2.45, 2.75) is 45.2 Å². The first-order chi connectivity index (χ1) is 8.61. The number of amides is 2. The van der Waals surface area contributed by atoms with E-state index in [0.29, 0.717) is 32.2 Å². The number of carbonyl (C=O) groups is 2. The lowest BCUT2D eigenvalue weighted by Crippen LogP contribution is -2.54. The quantitative estimate of drug-likeness (QED) is 0.765. The van der Waals surface area contributed by atoms with E-state index in [2.05, 4.69) is 12.2 Å². The molecule has 2 amide bonds. The van der Waals surface area contributed by atoms with Crippen molar-refractivity contribution in [2.24, 2.45) is 0 Å². The third kappa shape index (κ3) is 2.83. The van der Waals surface area contributed by atoms with Gasteiger partial charge in [0.15, 0.2) is 0 Å². The van der Waals surface area contributed by atoms with Crippen molar-refractivity contribution in [3.05, 3.63) is 0 Å². The molecule has 1 N–H and O–H groups in total. The molecule has 2 atom stereocenters. The van der Waals surface area contributed by atoms with Crippen LogP contribution >= 0.6 is 0 Å². The first-order valence-corrected chi connectivity index (χ1v) is 6.92. The van der Waals surface area contributed by atoms with Crippen LogP contribution in [0.1, 0.15) is 33.1 Å². The molecule has 18 heavy (non-hydrogen) atoms. The summed E-state index contributed by atoms with van der Waals surface area (Å²) in [6.07, 6.45) is 3.13. The summed E-state index contributed by atoms with van der Waals surface area (Å²) in [6, 6.07) is 0.497. The molecule has 2 heterocycles. The zero-order valence-electron chi connectivity index (χ0n) is 11.3. The van der Waals surface area contributed by atoms with Gasteiger partial charge in [-0.15, -0.1) is 0 Å².